The number of halogens is 1. The monoisotopic (exact) mass is 223 g/mol. The zero-order chi connectivity index (χ0) is 11.9. The van der Waals surface area contributed by atoms with Crippen molar-refractivity contribution in [3.05, 3.63) is 29.6 Å². The number of benzene rings is 1. The number of carboxylic acid groups (broad SMARTS) is 1. The van der Waals surface area contributed by atoms with Gasteiger partial charge in [0.25, 0.3) is 0 Å². The average molecular weight is 223 g/mol. The van der Waals surface area contributed by atoms with Crippen LogP contribution in [0.4, 0.5) is 10.1 Å². The smallest absolute Gasteiger partial charge is 0.326 e. The predicted octanol–water partition coefficient (Wildman–Crippen LogP) is 2.44. The highest BCUT2D eigenvalue weighted by molar-refractivity contribution is 5.83. The minimum absolute atomic E-state index is 0.104. The van der Waals surface area contributed by atoms with E-state index in [1.54, 1.807) is 6.07 Å². The SMILES string of the molecule is CC(C)C1c2ccc(F)cc2NC1C(=O)O. The van der Waals surface area contributed by atoms with Crippen molar-refractivity contribution in [2.24, 2.45) is 5.92 Å². The fourth-order valence-corrected chi connectivity index (χ4v) is 2.34. The number of hydrogen-bond acceptors (Lipinski definition) is 2. The first-order valence-corrected chi connectivity index (χ1v) is 5.29. The highest BCUT2D eigenvalue weighted by Gasteiger charge is 2.38. The van der Waals surface area contributed by atoms with Crippen LogP contribution in [0.15, 0.2) is 18.2 Å². The highest BCUT2D eigenvalue weighted by atomic mass is 19.1. The van der Waals surface area contributed by atoms with Crippen LogP contribution in [0.2, 0.25) is 0 Å². The molecule has 0 saturated carbocycles. The second-order valence-electron chi connectivity index (χ2n) is 4.46. The number of rotatable bonds is 2. The highest BCUT2D eigenvalue weighted by Crippen LogP contribution is 2.40. The fourth-order valence-electron chi connectivity index (χ4n) is 2.34. The van der Waals surface area contributed by atoms with E-state index in [4.69, 9.17) is 5.11 Å². The molecule has 0 aromatic heterocycles. The van der Waals surface area contributed by atoms with Gasteiger partial charge in [-0.15, -0.1) is 0 Å². The largest absolute Gasteiger partial charge is 0.480 e. The Balaban J connectivity index is 2.45. The van der Waals surface area contributed by atoms with Crippen molar-refractivity contribution in [2.45, 2.75) is 25.8 Å². The molecule has 0 radical (unpaired) electrons. The minimum Gasteiger partial charge on any atom is -0.480 e. The third-order valence-electron chi connectivity index (χ3n) is 3.03. The number of anilines is 1. The molecule has 0 aliphatic carbocycles. The number of fused-ring (bicyclic) bond motifs is 1. The molecule has 3 nitrogen and oxygen atoms in total. The lowest BCUT2D eigenvalue weighted by Gasteiger charge is -2.20. The van der Waals surface area contributed by atoms with Gasteiger partial charge in [0.15, 0.2) is 0 Å². The first-order valence-electron chi connectivity index (χ1n) is 5.29. The lowest BCUT2D eigenvalue weighted by atomic mass is 9.85. The molecule has 1 heterocycles. The minimum atomic E-state index is -0.893. The van der Waals surface area contributed by atoms with E-state index < -0.39 is 12.0 Å². The maximum absolute atomic E-state index is 13.0. The topological polar surface area (TPSA) is 49.3 Å². The molecule has 2 rings (SSSR count). The number of nitrogens with one attached hydrogen (secondary N) is 1. The summed E-state index contributed by atoms with van der Waals surface area (Å²) in [5.74, 6) is -1.15. The Morgan fingerprint density at radius 1 is 1.50 bits per heavy atom. The van der Waals surface area contributed by atoms with Crippen molar-refractivity contribution in [3.63, 3.8) is 0 Å². The van der Waals surface area contributed by atoms with Gasteiger partial charge in [-0.3, -0.25) is 0 Å². The zero-order valence-corrected chi connectivity index (χ0v) is 9.20. The van der Waals surface area contributed by atoms with Crippen molar-refractivity contribution in [2.75, 3.05) is 5.32 Å². The Bertz CT molecular complexity index is 431. The quantitative estimate of drug-likeness (QED) is 0.809. The summed E-state index contributed by atoms with van der Waals surface area (Å²) in [6, 6.07) is 3.75. The van der Waals surface area contributed by atoms with Crippen molar-refractivity contribution in [3.8, 4) is 0 Å². The standard InChI is InChI=1S/C12H14FNO2/c1-6(2)10-8-4-3-7(13)5-9(8)14-11(10)12(15)16/h3-6,10-11,14H,1-2H3,(H,15,16). The first-order chi connectivity index (χ1) is 7.50. The first kappa shape index (κ1) is 10.9. The van der Waals surface area contributed by atoms with Gasteiger partial charge >= 0.3 is 5.97 Å². The van der Waals surface area contributed by atoms with Crippen molar-refractivity contribution >= 4 is 11.7 Å². The molecular weight excluding hydrogens is 209 g/mol. The molecule has 1 aliphatic rings. The molecule has 2 unspecified atom stereocenters. The third kappa shape index (κ3) is 1.64. The van der Waals surface area contributed by atoms with Crippen LogP contribution in [0.25, 0.3) is 0 Å². The van der Waals surface area contributed by atoms with Gasteiger partial charge < -0.3 is 10.4 Å². The zero-order valence-electron chi connectivity index (χ0n) is 9.20. The Morgan fingerprint density at radius 2 is 2.19 bits per heavy atom. The van der Waals surface area contributed by atoms with Gasteiger partial charge in [0.05, 0.1) is 0 Å². The van der Waals surface area contributed by atoms with E-state index in [0.29, 0.717) is 5.69 Å². The molecule has 1 aromatic carbocycles. The van der Waals surface area contributed by atoms with Crippen molar-refractivity contribution < 1.29 is 14.3 Å². The van der Waals surface area contributed by atoms with Crippen LogP contribution in [0, 0.1) is 11.7 Å². The molecule has 0 amide bonds. The molecule has 0 spiro atoms. The summed E-state index contributed by atoms with van der Waals surface area (Å²) in [5.41, 5.74) is 1.50. The molecule has 2 N–H and O–H groups in total. The summed E-state index contributed by atoms with van der Waals surface area (Å²) in [7, 11) is 0. The molecule has 1 aliphatic heterocycles. The normalized spacial score (nSPS) is 23.0. The van der Waals surface area contributed by atoms with Crippen LogP contribution >= 0.6 is 0 Å². The van der Waals surface area contributed by atoms with Gasteiger partial charge in [0, 0.05) is 11.6 Å². The van der Waals surface area contributed by atoms with Gasteiger partial charge in [0.2, 0.25) is 0 Å². The molecule has 16 heavy (non-hydrogen) atoms. The van der Waals surface area contributed by atoms with E-state index in [1.807, 2.05) is 13.8 Å². The van der Waals surface area contributed by atoms with Crippen LogP contribution < -0.4 is 5.32 Å². The summed E-state index contributed by atoms with van der Waals surface area (Å²) in [5, 5.41) is 12.0. The summed E-state index contributed by atoms with van der Waals surface area (Å²) in [4.78, 5) is 11.1. The van der Waals surface area contributed by atoms with E-state index in [1.165, 1.54) is 12.1 Å². The Kier molecular flexibility index (Phi) is 2.58. The van der Waals surface area contributed by atoms with Crippen molar-refractivity contribution in [1.82, 2.24) is 0 Å². The molecule has 86 valence electrons. The molecule has 0 saturated heterocycles. The molecule has 2 atom stereocenters. The van der Waals surface area contributed by atoms with E-state index >= 15 is 0 Å². The molecule has 0 fully saturated rings. The van der Waals surface area contributed by atoms with Crippen LogP contribution in [0.1, 0.15) is 25.3 Å². The number of aliphatic carboxylic acids is 1. The lowest BCUT2D eigenvalue weighted by molar-refractivity contribution is -0.138. The summed E-state index contributed by atoms with van der Waals surface area (Å²) in [6.07, 6.45) is 0. The maximum Gasteiger partial charge on any atom is 0.326 e. The van der Waals surface area contributed by atoms with Crippen LogP contribution in [0.3, 0.4) is 0 Å². The molecule has 1 aromatic rings. The van der Waals surface area contributed by atoms with Gasteiger partial charge in [-0.2, -0.15) is 0 Å². The van der Waals surface area contributed by atoms with Gasteiger partial charge in [-0.25, -0.2) is 9.18 Å². The number of carboxylic acids is 1. The average Bonchev–Trinajstić information content (AvgIpc) is 2.55. The van der Waals surface area contributed by atoms with Crippen LogP contribution in [-0.2, 0) is 4.79 Å². The van der Waals surface area contributed by atoms with E-state index in [2.05, 4.69) is 5.32 Å². The van der Waals surface area contributed by atoms with Crippen molar-refractivity contribution in [1.29, 1.82) is 0 Å². The fraction of sp³-hybridized carbons (Fsp3) is 0.417. The third-order valence-corrected chi connectivity index (χ3v) is 3.03. The van der Waals surface area contributed by atoms with E-state index in [0.717, 1.165) is 5.56 Å². The number of hydrogen-bond donors (Lipinski definition) is 2. The maximum atomic E-state index is 13.0. The van der Waals surface area contributed by atoms with Crippen LogP contribution in [0.5, 0.6) is 0 Å². The van der Waals surface area contributed by atoms with Gasteiger partial charge in [-0.05, 0) is 23.6 Å². The molecular formula is C12H14FNO2. The molecule has 0 bridgehead atoms. The predicted molar refractivity (Wildman–Crippen MR) is 59.0 cm³/mol. The molecule has 4 heteroatoms. The summed E-state index contributed by atoms with van der Waals surface area (Å²) >= 11 is 0. The Hall–Kier alpha value is -1.58. The van der Waals surface area contributed by atoms with Crippen LogP contribution in [-0.4, -0.2) is 17.1 Å². The number of carbonyl (C=O) groups is 1. The summed E-state index contributed by atoms with van der Waals surface area (Å²) in [6.45, 7) is 3.95. The summed E-state index contributed by atoms with van der Waals surface area (Å²) < 4.78 is 13.0. The Labute approximate surface area is 93.3 Å². The van der Waals surface area contributed by atoms with E-state index in [9.17, 15) is 9.18 Å². The van der Waals surface area contributed by atoms with E-state index in [-0.39, 0.29) is 17.7 Å². The second-order valence-corrected chi connectivity index (χ2v) is 4.46. The van der Waals surface area contributed by atoms with Gasteiger partial charge in [0.1, 0.15) is 11.9 Å². The van der Waals surface area contributed by atoms with Gasteiger partial charge in [-0.1, -0.05) is 19.9 Å². The second kappa shape index (κ2) is 3.77. The lowest BCUT2D eigenvalue weighted by Crippen LogP contribution is -2.32. The Morgan fingerprint density at radius 3 is 2.75 bits per heavy atom.